The van der Waals surface area contributed by atoms with Gasteiger partial charge in [-0.3, -0.25) is 0 Å². The number of rotatable bonds is 5. The summed E-state index contributed by atoms with van der Waals surface area (Å²) in [4.78, 5) is 2.05. The summed E-state index contributed by atoms with van der Waals surface area (Å²) in [5, 5.41) is 0.619. The summed E-state index contributed by atoms with van der Waals surface area (Å²) in [6, 6.07) is 5.69. The average molecular weight is 243 g/mol. The maximum absolute atomic E-state index is 6.09. The number of nitrogens with zero attached hydrogens (tertiary/aromatic N) is 1. The molecule has 0 spiro atoms. The molecule has 0 aliphatic carbocycles. The fourth-order valence-electron chi connectivity index (χ4n) is 1.52. The quantitative estimate of drug-likeness (QED) is 0.861. The second-order valence-corrected chi connectivity index (χ2v) is 4.40. The first-order chi connectivity index (χ1) is 7.54. The highest BCUT2D eigenvalue weighted by Crippen LogP contribution is 2.27. The Morgan fingerprint density at radius 1 is 1.44 bits per heavy atom. The molecule has 1 unspecified atom stereocenters. The molecule has 0 saturated carbocycles. The molecule has 90 valence electrons. The summed E-state index contributed by atoms with van der Waals surface area (Å²) in [6.45, 7) is 3.34. The minimum atomic E-state index is -0.0248. The van der Waals surface area contributed by atoms with Gasteiger partial charge in [0.25, 0.3) is 0 Å². The third-order valence-electron chi connectivity index (χ3n) is 2.25. The third-order valence-corrected chi connectivity index (χ3v) is 2.54. The number of nitrogens with two attached hydrogens (primary N) is 1. The van der Waals surface area contributed by atoms with Crippen LogP contribution in [0.5, 0.6) is 5.75 Å². The second-order valence-electron chi connectivity index (χ2n) is 3.99. The summed E-state index contributed by atoms with van der Waals surface area (Å²) >= 11 is 6.09. The van der Waals surface area contributed by atoms with Crippen LogP contribution in [0.2, 0.25) is 5.02 Å². The van der Waals surface area contributed by atoms with Crippen LogP contribution >= 0.6 is 11.6 Å². The third kappa shape index (κ3) is 3.67. The largest absolute Gasteiger partial charge is 0.492 e. The number of hydrogen-bond donors (Lipinski definition) is 1. The maximum atomic E-state index is 6.09. The molecule has 1 aromatic carbocycles. The smallest absolute Gasteiger partial charge is 0.137 e. The predicted octanol–water partition coefficient (Wildman–Crippen LogP) is 2.30. The van der Waals surface area contributed by atoms with E-state index in [4.69, 9.17) is 22.1 Å². The van der Waals surface area contributed by atoms with Crippen LogP contribution in [0.3, 0.4) is 0 Å². The molecule has 3 nitrogen and oxygen atoms in total. The molecule has 0 aliphatic heterocycles. The first-order valence-electron chi connectivity index (χ1n) is 5.37. The van der Waals surface area contributed by atoms with E-state index < -0.39 is 0 Å². The lowest BCUT2D eigenvalue weighted by Crippen LogP contribution is -2.25. The Bertz CT molecular complexity index is 342. The number of benzene rings is 1. The molecule has 0 amide bonds. The average Bonchev–Trinajstić information content (AvgIpc) is 2.20. The topological polar surface area (TPSA) is 38.5 Å². The SMILES string of the molecule is CCOc1ccc(C(N)CN(C)C)cc1Cl. The van der Waals surface area contributed by atoms with Crippen LogP contribution in [0.1, 0.15) is 18.5 Å². The van der Waals surface area contributed by atoms with Crippen LogP contribution in [0.25, 0.3) is 0 Å². The highest BCUT2D eigenvalue weighted by Gasteiger charge is 2.09. The molecule has 16 heavy (non-hydrogen) atoms. The van der Waals surface area contributed by atoms with Crippen molar-refractivity contribution in [2.24, 2.45) is 5.73 Å². The number of hydrogen-bond acceptors (Lipinski definition) is 3. The fourth-order valence-corrected chi connectivity index (χ4v) is 1.76. The normalized spacial score (nSPS) is 12.9. The van der Waals surface area contributed by atoms with Crippen LogP contribution < -0.4 is 10.5 Å². The van der Waals surface area contributed by atoms with Crippen LogP contribution in [0.4, 0.5) is 0 Å². The summed E-state index contributed by atoms with van der Waals surface area (Å²) in [5.74, 6) is 0.713. The summed E-state index contributed by atoms with van der Waals surface area (Å²) in [5.41, 5.74) is 7.08. The molecule has 0 aromatic heterocycles. The lowest BCUT2D eigenvalue weighted by atomic mass is 10.1. The Labute approximate surface area is 102 Å². The van der Waals surface area contributed by atoms with Gasteiger partial charge in [0, 0.05) is 12.6 Å². The van der Waals surface area contributed by atoms with Gasteiger partial charge in [-0.1, -0.05) is 17.7 Å². The molecular weight excluding hydrogens is 224 g/mol. The van der Waals surface area contributed by atoms with Gasteiger partial charge < -0.3 is 15.4 Å². The number of ether oxygens (including phenoxy) is 1. The van der Waals surface area contributed by atoms with Crippen LogP contribution in [0, 0.1) is 0 Å². The van der Waals surface area contributed by atoms with E-state index in [1.165, 1.54) is 0 Å². The van der Waals surface area contributed by atoms with Crippen molar-refractivity contribution in [1.82, 2.24) is 4.90 Å². The Hall–Kier alpha value is -0.770. The lowest BCUT2D eigenvalue weighted by molar-refractivity contribution is 0.340. The fraction of sp³-hybridized carbons (Fsp3) is 0.500. The van der Waals surface area contributed by atoms with Crippen molar-refractivity contribution < 1.29 is 4.74 Å². The highest BCUT2D eigenvalue weighted by atomic mass is 35.5. The van der Waals surface area contributed by atoms with Gasteiger partial charge in [-0.15, -0.1) is 0 Å². The zero-order valence-corrected chi connectivity index (χ0v) is 10.8. The number of halogens is 1. The first kappa shape index (κ1) is 13.3. The van der Waals surface area contributed by atoms with Gasteiger partial charge in [0.2, 0.25) is 0 Å². The summed E-state index contributed by atoms with van der Waals surface area (Å²) < 4.78 is 5.37. The van der Waals surface area contributed by atoms with E-state index in [9.17, 15) is 0 Å². The second kappa shape index (κ2) is 6.09. The van der Waals surface area contributed by atoms with Gasteiger partial charge in [-0.2, -0.15) is 0 Å². The minimum Gasteiger partial charge on any atom is -0.492 e. The summed E-state index contributed by atoms with van der Waals surface area (Å²) in [6.07, 6.45) is 0. The molecule has 1 aromatic rings. The zero-order valence-electron chi connectivity index (χ0n) is 10.0. The van der Waals surface area contributed by atoms with Gasteiger partial charge >= 0.3 is 0 Å². The molecule has 0 saturated heterocycles. The molecule has 0 aliphatic rings. The van der Waals surface area contributed by atoms with Gasteiger partial charge in [0.15, 0.2) is 0 Å². The molecule has 0 heterocycles. The van der Waals surface area contributed by atoms with Crippen LogP contribution in [-0.2, 0) is 0 Å². The monoisotopic (exact) mass is 242 g/mol. The predicted molar refractivity (Wildman–Crippen MR) is 68.1 cm³/mol. The van der Waals surface area contributed by atoms with E-state index in [1.54, 1.807) is 0 Å². The Kier molecular flexibility index (Phi) is 5.06. The van der Waals surface area contributed by atoms with Crippen LogP contribution in [0.15, 0.2) is 18.2 Å². The van der Waals surface area contributed by atoms with Crippen molar-refractivity contribution in [3.05, 3.63) is 28.8 Å². The zero-order chi connectivity index (χ0) is 12.1. The molecule has 0 fully saturated rings. The highest BCUT2D eigenvalue weighted by molar-refractivity contribution is 6.32. The van der Waals surface area contributed by atoms with Crippen molar-refractivity contribution in [3.63, 3.8) is 0 Å². The van der Waals surface area contributed by atoms with Gasteiger partial charge in [-0.25, -0.2) is 0 Å². The van der Waals surface area contributed by atoms with E-state index in [0.29, 0.717) is 17.4 Å². The molecule has 2 N–H and O–H groups in total. The van der Waals surface area contributed by atoms with Crippen molar-refractivity contribution in [1.29, 1.82) is 0 Å². The van der Waals surface area contributed by atoms with Crippen molar-refractivity contribution in [3.8, 4) is 5.75 Å². The summed E-state index contributed by atoms with van der Waals surface area (Å²) in [7, 11) is 3.99. The van der Waals surface area contributed by atoms with E-state index in [0.717, 1.165) is 12.1 Å². The lowest BCUT2D eigenvalue weighted by Gasteiger charge is -2.18. The number of likely N-dealkylation sites (N-methyl/N-ethyl adjacent to an activating group) is 1. The van der Waals surface area contributed by atoms with Gasteiger partial charge in [0.1, 0.15) is 5.75 Å². The van der Waals surface area contributed by atoms with E-state index in [-0.39, 0.29) is 6.04 Å². The maximum Gasteiger partial charge on any atom is 0.137 e. The minimum absolute atomic E-state index is 0.0248. The Morgan fingerprint density at radius 2 is 2.12 bits per heavy atom. The molecule has 0 radical (unpaired) electrons. The van der Waals surface area contributed by atoms with Gasteiger partial charge in [-0.05, 0) is 38.7 Å². The van der Waals surface area contributed by atoms with E-state index in [2.05, 4.69) is 4.90 Å². The van der Waals surface area contributed by atoms with Gasteiger partial charge in [0.05, 0.1) is 11.6 Å². The molecular formula is C12H19ClN2O. The Balaban J connectivity index is 2.79. The van der Waals surface area contributed by atoms with Crippen molar-refractivity contribution in [2.75, 3.05) is 27.2 Å². The van der Waals surface area contributed by atoms with Crippen molar-refractivity contribution in [2.45, 2.75) is 13.0 Å². The van der Waals surface area contributed by atoms with E-state index in [1.807, 2.05) is 39.2 Å². The Morgan fingerprint density at radius 3 is 2.62 bits per heavy atom. The standard InChI is InChI=1S/C12H19ClN2O/c1-4-16-12-6-5-9(7-10(12)13)11(14)8-15(2)3/h5-7,11H,4,8,14H2,1-3H3. The first-order valence-corrected chi connectivity index (χ1v) is 5.75. The van der Waals surface area contributed by atoms with Crippen LogP contribution in [-0.4, -0.2) is 32.1 Å². The molecule has 4 heteroatoms. The van der Waals surface area contributed by atoms with Crippen molar-refractivity contribution >= 4 is 11.6 Å². The van der Waals surface area contributed by atoms with E-state index >= 15 is 0 Å². The molecule has 1 atom stereocenters. The molecule has 1 rings (SSSR count). The molecule has 0 bridgehead atoms.